The van der Waals surface area contributed by atoms with E-state index < -0.39 is 69.3 Å². The number of carbonyl (C=O) groups is 3. The van der Waals surface area contributed by atoms with Gasteiger partial charge in [-0.05, 0) is 79.9 Å². The minimum absolute atomic E-state index is 0.0140. The fourth-order valence-corrected chi connectivity index (χ4v) is 5.46. The van der Waals surface area contributed by atoms with Gasteiger partial charge in [0.1, 0.15) is 0 Å². The summed E-state index contributed by atoms with van der Waals surface area (Å²) in [5.41, 5.74) is -3.60. The molecule has 3 rings (SSSR count). The number of nitrogens with one attached hydrogen (secondary N) is 1. The Balaban J connectivity index is 1.84. The van der Waals surface area contributed by atoms with Gasteiger partial charge in [0, 0.05) is 30.1 Å². The molecule has 46 heavy (non-hydrogen) atoms. The zero-order valence-electron chi connectivity index (χ0n) is 24.2. The van der Waals surface area contributed by atoms with E-state index in [2.05, 4.69) is 0 Å². The molecule has 0 saturated heterocycles. The van der Waals surface area contributed by atoms with Crippen LogP contribution in [-0.2, 0) is 38.3 Å². The average Bonchev–Trinajstić information content (AvgIpc) is 2.98. The molecule has 0 aromatic heterocycles. The Kier molecular flexibility index (Phi) is 11.5. The van der Waals surface area contributed by atoms with E-state index in [4.69, 9.17) is 16.3 Å². The maximum Gasteiger partial charge on any atom is 0.416 e. The van der Waals surface area contributed by atoms with E-state index in [1.165, 1.54) is 24.3 Å². The van der Waals surface area contributed by atoms with E-state index in [1.54, 1.807) is 19.1 Å². The van der Waals surface area contributed by atoms with Crippen molar-refractivity contribution in [1.29, 1.82) is 0 Å². The third-order valence-corrected chi connectivity index (χ3v) is 8.36. The highest BCUT2D eigenvalue weighted by molar-refractivity contribution is 7.90. The van der Waals surface area contributed by atoms with Crippen LogP contribution in [0.3, 0.4) is 0 Å². The van der Waals surface area contributed by atoms with Crippen LogP contribution in [0.4, 0.5) is 26.3 Å². The Morgan fingerprint density at radius 1 is 0.870 bits per heavy atom. The van der Waals surface area contributed by atoms with Crippen LogP contribution < -0.4 is 4.72 Å². The largest absolute Gasteiger partial charge is 0.462 e. The monoisotopic (exact) mass is 692 g/mol. The molecule has 0 saturated carbocycles. The van der Waals surface area contributed by atoms with Gasteiger partial charge < -0.3 is 9.64 Å². The zero-order chi connectivity index (χ0) is 34.4. The average molecular weight is 693 g/mol. The van der Waals surface area contributed by atoms with Crippen molar-refractivity contribution in [2.24, 2.45) is 0 Å². The van der Waals surface area contributed by atoms with Gasteiger partial charge in [-0.3, -0.25) is 9.59 Å². The predicted octanol–water partition coefficient (Wildman–Crippen LogP) is 6.52. The minimum Gasteiger partial charge on any atom is -0.462 e. The second-order valence-corrected chi connectivity index (χ2v) is 12.1. The summed E-state index contributed by atoms with van der Waals surface area (Å²) in [6, 6.07) is 10.3. The number of carbonyl (C=O) groups excluding carboxylic acids is 3. The second kappa shape index (κ2) is 14.5. The molecule has 0 spiro atoms. The van der Waals surface area contributed by atoms with E-state index in [0.29, 0.717) is 22.7 Å². The van der Waals surface area contributed by atoms with Crippen LogP contribution in [0.2, 0.25) is 5.02 Å². The third-order valence-electron chi connectivity index (χ3n) is 6.72. The SMILES string of the molecule is CCOC(=O)c1ccc(S(=O)(=O)NC(=O)CCC(Cc2ccc(Cl)cc2)N(C)C(=O)c2cc(C(F)(F)F)cc(C(F)(F)F)c2)cc1. The summed E-state index contributed by atoms with van der Waals surface area (Å²) >= 11 is 5.92. The van der Waals surface area contributed by atoms with Crippen molar-refractivity contribution < 1.29 is 53.9 Å². The van der Waals surface area contributed by atoms with Crippen molar-refractivity contribution in [1.82, 2.24) is 9.62 Å². The van der Waals surface area contributed by atoms with Crippen molar-refractivity contribution in [2.75, 3.05) is 13.7 Å². The van der Waals surface area contributed by atoms with Gasteiger partial charge in [0.05, 0.1) is 28.2 Å². The maximum atomic E-state index is 13.4. The molecule has 0 fully saturated rings. The molecular weight excluding hydrogens is 666 g/mol. The van der Waals surface area contributed by atoms with E-state index in [0.717, 1.165) is 24.1 Å². The molecule has 2 amide bonds. The summed E-state index contributed by atoms with van der Waals surface area (Å²) in [5.74, 6) is -2.87. The molecular formula is C30H27ClF6N2O6S. The summed E-state index contributed by atoms with van der Waals surface area (Å²) in [5, 5.41) is 0.369. The topological polar surface area (TPSA) is 110 Å². The fourth-order valence-electron chi connectivity index (χ4n) is 4.32. The lowest BCUT2D eigenvalue weighted by Gasteiger charge is -2.29. The summed E-state index contributed by atoms with van der Waals surface area (Å²) in [6.45, 7) is 1.69. The molecule has 3 aromatic rings. The molecule has 0 radical (unpaired) electrons. The van der Waals surface area contributed by atoms with Crippen molar-refractivity contribution in [3.05, 3.63) is 99.6 Å². The predicted molar refractivity (Wildman–Crippen MR) is 154 cm³/mol. The highest BCUT2D eigenvalue weighted by Crippen LogP contribution is 2.36. The lowest BCUT2D eigenvalue weighted by atomic mass is 9.98. The molecule has 1 N–H and O–H groups in total. The first-order valence-electron chi connectivity index (χ1n) is 13.5. The highest BCUT2D eigenvalue weighted by Gasteiger charge is 2.38. The van der Waals surface area contributed by atoms with Crippen molar-refractivity contribution in [3.63, 3.8) is 0 Å². The Morgan fingerprint density at radius 3 is 1.91 bits per heavy atom. The molecule has 0 bridgehead atoms. The van der Waals surface area contributed by atoms with Crippen molar-refractivity contribution >= 4 is 39.4 Å². The van der Waals surface area contributed by atoms with Gasteiger partial charge in [-0.2, -0.15) is 26.3 Å². The standard InChI is InChI=1S/C30H27ClF6N2O6S/c1-3-45-28(42)19-6-11-25(12-7-19)46(43,44)38-26(40)13-10-24(14-18-4-8-23(31)9-5-18)39(2)27(41)20-15-21(29(32,33)34)17-22(16-20)30(35,36)37/h4-9,11-12,15-17,24H,3,10,13-14H2,1-2H3,(H,38,40). The number of sulfonamides is 1. The number of alkyl halides is 6. The molecule has 0 heterocycles. The number of esters is 1. The van der Waals surface area contributed by atoms with E-state index in [-0.39, 0.29) is 36.0 Å². The number of benzene rings is 3. The van der Waals surface area contributed by atoms with Gasteiger partial charge in [0.2, 0.25) is 5.91 Å². The number of halogens is 7. The molecule has 0 aliphatic carbocycles. The smallest absolute Gasteiger partial charge is 0.416 e. The summed E-state index contributed by atoms with van der Waals surface area (Å²) in [4.78, 5) is 38.4. The summed E-state index contributed by atoms with van der Waals surface area (Å²) in [6.07, 6.45) is -11.1. The lowest BCUT2D eigenvalue weighted by molar-refractivity contribution is -0.143. The number of nitrogens with zero attached hydrogens (tertiary/aromatic N) is 1. The molecule has 3 aromatic carbocycles. The van der Waals surface area contributed by atoms with E-state index in [1.807, 2.05) is 4.72 Å². The van der Waals surface area contributed by atoms with Crippen LogP contribution >= 0.6 is 11.6 Å². The molecule has 1 unspecified atom stereocenters. The number of hydrogen-bond acceptors (Lipinski definition) is 6. The number of likely N-dealkylation sites (N-methyl/N-ethyl adjacent to an activating group) is 1. The van der Waals surface area contributed by atoms with Gasteiger partial charge in [-0.1, -0.05) is 23.7 Å². The normalized spacial score (nSPS) is 12.7. The quantitative estimate of drug-likeness (QED) is 0.181. The number of hydrogen-bond donors (Lipinski definition) is 1. The first-order valence-corrected chi connectivity index (χ1v) is 15.3. The number of rotatable bonds is 11. The van der Waals surface area contributed by atoms with Crippen LogP contribution in [0.1, 0.15) is 57.2 Å². The fraction of sp³-hybridized carbons (Fsp3) is 0.300. The van der Waals surface area contributed by atoms with Crippen molar-refractivity contribution in [3.8, 4) is 0 Å². The highest BCUT2D eigenvalue weighted by atomic mass is 35.5. The number of ether oxygens (including phenoxy) is 1. The third kappa shape index (κ3) is 9.69. The van der Waals surface area contributed by atoms with Crippen LogP contribution in [0.15, 0.2) is 71.6 Å². The second-order valence-electron chi connectivity index (χ2n) is 10.0. The Labute approximate surface area is 265 Å². The summed E-state index contributed by atoms with van der Waals surface area (Å²) < 4.78 is 113. The van der Waals surface area contributed by atoms with Crippen molar-refractivity contribution in [2.45, 2.75) is 49.5 Å². The Morgan fingerprint density at radius 2 is 1.41 bits per heavy atom. The number of amides is 2. The Bertz CT molecular complexity index is 1650. The van der Waals surface area contributed by atoms with Gasteiger partial charge in [0.15, 0.2) is 0 Å². The first-order chi connectivity index (χ1) is 21.3. The molecule has 16 heteroatoms. The van der Waals surface area contributed by atoms with Crippen LogP contribution in [0.25, 0.3) is 0 Å². The molecule has 1 atom stereocenters. The van der Waals surface area contributed by atoms with Gasteiger partial charge in [-0.25, -0.2) is 17.9 Å². The molecule has 248 valence electrons. The van der Waals surface area contributed by atoms with Crippen LogP contribution in [-0.4, -0.2) is 50.8 Å². The lowest BCUT2D eigenvalue weighted by Crippen LogP contribution is -2.40. The molecule has 0 aliphatic rings. The van der Waals surface area contributed by atoms with Gasteiger partial charge in [0.25, 0.3) is 15.9 Å². The minimum atomic E-state index is -5.18. The van der Waals surface area contributed by atoms with Gasteiger partial charge >= 0.3 is 18.3 Å². The Hall–Kier alpha value is -4.11. The zero-order valence-corrected chi connectivity index (χ0v) is 25.8. The van der Waals surface area contributed by atoms with E-state index in [9.17, 15) is 49.1 Å². The van der Waals surface area contributed by atoms with E-state index >= 15 is 0 Å². The van der Waals surface area contributed by atoms with Crippen LogP contribution in [0.5, 0.6) is 0 Å². The van der Waals surface area contributed by atoms with Gasteiger partial charge in [-0.15, -0.1) is 0 Å². The van der Waals surface area contributed by atoms with Crippen LogP contribution in [0, 0.1) is 0 Å². The maximum absolute atomic E-state index is 13.4. The summed E-state index contributed by atoms with van der Waals surface area (Å²) in [7, 11) is -3.25. The molecule has 0 aliphatic heterocycles. The first kappa shape index (κ1) is 36.4. The molecule has 8 nitrogen and oxygen atoms in total.